The van der Waals surface area contributed by atoms with E-state index in [9.17, 15) is 14.0 Å². The van der Waals surface area contributed by atoms with E-state index >= 15 is 0 Å². The summed E-state index contributed by atoms with van der Waals surface area (Å²) in [5.74, 6) is -0.576. The van der Waals surface area contributed by atoms with Crippen molar-refractivity contribution in [2.45, 2.75) is 39.3 Å². The van der Waals surface area contributed by atoms with Crippen molar-refractivity contribution in [1.29, 1.82) is 0 Å². The first-order valence-electron chi connectivity index (χ1n) is 6.80. The monoisotopic (exact) mass is 278 g/mol. The van der Waals surface area contributed by atoms with Crippen LogP contribution in [0.3, 0.4) is 0 Å². The maximum atomic E-state index is 13.7. The third kappa shape index (κ3) is 2.53. The van der Waals surface area contributed by atoms with Crippen LogP contribution in [0.2, 0.25) is 0 Å². The number of amides is 2. The SMILES string of the molecule is CCC1C(=O)NCC(=O)N1C(C)c1ccc(C)c(F)c1. The van der Waals surface area contributed by atoms with Crippen molar-refractivity contribution in [3.8, 4) is 0 Å². The summed E-state index contributed by atoms with van der Waals surface area (Å²) in [7, 11) is 0. The number of benzene rings is 1. The molecule has 1 aliphatic rings. The van der Waals surface area contributed by atoms with Gasteiger partial charge in [-0.1, -0.05) is 19.1 Å². The normalized spacial score (nSPS) is 20.8. The Labute approximate surface area is 118 Å². The lowest BCUT2D eigenvalue weighted by atomic mass is 10.00. The highest BCUT2D eigenvalue weighted by molar-refractivity contribution is 5.95. The topological polar surface area (TPSA) is 49.4 Å². The van der Waals surface area contributed by atoms with E-state index in [-0.39, 0.29) is 30.2 Å². The van der Waals surface area contributed by atoms with Gasteiger partial charge in [0.15, 0.2) is 0 Å². The second-order valence-corrected chi connectivity index (χ2v) is 5.13. The van der Waals surface area contributed by atoms with Gasteiger partial charge in [0.25, 0.3) is 0 Å². The number of carbonyl (C=O) groups is 2. The fraction of sp³-hybridized carbons (Fsp3) is 0.467. The van der Waals surface area contributed by atoms with Crippen LogP contribution in [0.4, 0.5) is 4.39 Å². The maximum absolute atomic E-state index is 13.7. The van der Waals surface area contributed by atoms with Crippen molar-refractivity contribution < 1.29 is 14.0 Å². The largest absolute Gasteiger partial charge is 0.345 e. The minimum absolute atomic E-state index is 0.00795. The fourth-order valence-corrected chi connectivity index (χ4v) is 2.57. The summed E-state index contributed by atoms with van der Waals surface area (Å²) in [6, 6.07) is 4.11. The highest BCUT2D eigenvalue weighted by atomic mass is 19.1. The first-order chi connectivity index (χ1) is 9.45. The summed E-state index contributed by atoms with van der Waals surface area (Å²) in [4.78, 5) is 25.5. The number of carbonyl (C=O) groups excluding carboxylic acids is 2. The summed E-state index contributed by atoms with van der Waals surface area (Å²) in [6.07, 6.45) is 0.538. The quantitative estimate of drug-likeness (QED) is 0.918. The third-order valence-corrected chi connectivity index (χ3v) is 3.82. The van der Waals surface area contributed by atoms with Crippen LogP contribution in [0.1, 0.15) is 37.4 Å². The molecule has 2 amide bonds. The van der Waals surface area contributed by atoms with E-state index in [1.54, 1.807) is 24.0 Å². The lowest BCUT2D eigenvalue weighted by molar-refractivity contribution is -0.148. The number of piperazine rings is 1. The molecule has 0 saturated carbocycles. The number of halogens is 1. The van der Waals surface area contributed by atoms with Gasteiger partial charge in [0.1, 0.15) is 11.9 Å². The zero-order valence-electron chi connectivity index (χ0n) is 11.9. The summed E-state index contributed by atoms with van der Waals surface area (Å²) in [5.41, 5.74) is 1.27. The van der Waals surface area contributed by atoms with Crippen LogP contribution in [0.15, 0.2) is 18.2 Å². The molecule has 2 atom stereocenters. The Kier molecular flexibility index (Phi) is 4.06. The Hall–Kier alpha value is -1.91. The molecule has 0 radical (unpaired) electrons. The predicted octanol–water partition coefficient (Wildman–Crippen LogP) is 1.93. The number of nitrogens with one attached hydrogen (secondary N) is 1. The van der Waals surface area contributed by atoms with E-state index in [4.69, 9.17) is 0 Å². The van der Waals surface area contributed by atoms with Gasteiger partial charge in [-0.25, -0.2) is 4.39 Å². The van der Waals surface area contributed by atoms with Crippen molar-refractivity contribution in [2.24, 2.45) is 0 Å². The van der Waals surface area contributed by atoms with E-state index < -0.39 is 6.04 Å². The van der Waals surface area contributed by atoms with Crippen molar-refractivity contribution >= 4 is 11.8 Å². The first kappa shape index (κ1) is 14.5. The molecule has 1 saturated heterocycles. The Morgan fingerprint density at radius 1 is 1.45 bits per heavy atom. The molecule has 0 aliphatic carbocycles. The Morgan fingerprint density at radius 2 is 2.15 bits per heavy atom. The van der Waals surface area contributed by atoms with Crippen molar-refractivity contribution in [3.05, 3.63) is 35.1 Å². The van der Waals surface area contributed by atoms with Crippen LogP contribution < -0.4 is 5.32 Å². The van der Waals surface area contributed by atoms with Gasteiger partial charge in [0.05, 0.1) is 12.6 Å². The van der Waals surface area contributed by atoms with Gasteiger partial charge in [-0.3, -0.25) is 9.59 Å². The number of rotatable bonds is 3. The lowest BCUT2D eigenvalue weighted by Crippen LogP contribution is -2.58. The molecule has 1 aliphatic heterocycles. The Bertz CT molecular complexity index is 545. The van der Waals surface area contributed by atoms with E-state index in [1.165, 1.54) is 6.07 Å². The number of hydrogen-bond acceptors (Lipinski definition) is 2. The maximum Gasteiger partial charge on any atom is 0.243 e. The molecule has 0 bridgehead atoms. The summed E-state index contributed by atoms with van der Waals surface area (Å²) < 4.78 is 13.7. The standard InChI is InChI=1S/C15H19FN2O2/c1-4-13-15(20)17-8-14(19)18(13)10(3)11-6-5-9(2)12(16)7-11/h5-7,10,13H,4,8H2,1-3H3,(H,17,20). The summed E-state index contributed by atoms with van der Waals surface area (Å²) >= 11 is 0. The van der Waals surface area contributed by atoms with E-state index in [2.05, 4.69) is 5.32 Å². The molecule has 2 unspecified atom stereocenters. The molecule has 5 heteroatoms. The van der Waals surface area contributed by atoms with Crippen molar-refractivity contribution in [1.82, 2.24) is 10.2 Å². The van der Waals surface area contributed by atoms with E-state index in [0.717, 1.165) is 0 Å². The third-order valence-electron chi connectivity index (χ3n) is 3.82. The number of hydrogen-bond donors (Lipinski definition) is 1. The molecule has 0 aromatic heterocycles. The van der Waals surface area contributed by atoms with Crippen LogP contribution in [0.5, 0.6) is 0 Å². The zero-order valence-corrected chi connectivity index (χ0v) is 11.9. The van der Waals surface area contributed by atoms with Crippen LogP contribution >= 0.6 is 0 Å². The van der Waals surface area contributed by atoms with Gasteiger partial charge in [-0.2, -0.15) is 0 Å². The molecular weight excluding hydrogens is 259 g/mol. The van der Waals surface area contributed by atoms with Crippen LogP contribution in [-0.2, 0) is 9.59 Å². The molecule has 0 spiro atoms. The molecular formula is C15H19FN2O2. The highest BCUT2D eigenvalue weighted by Gasteiger charge is 2.36. The van der Waals surface area contributed by atoms with Gasteiger partial charge in [-0.05, 0) is 37.5 Å². The fourth-order valence-electron chi connectivity index (χ4n) is 2.57. The molecule has 1 aromatic carbocycles. The summed E-state index contributed by atoms with van der Waals surface area (Å²) in [5, 5.41) is 2.59. The van der Waals surface area contributed by atoms with E-state index in [1.807, 2.05) is 13.8 Å². The molecule has 4 nitrogen and oxygen atoms in total. The van der Waals surface area contributed by atoms with Crippen molar-refractivity contribution in [2.75, 3.05) is 6.54 Å². The van der Waals surface area contributed by atoms with Crippen LogP contribution in [0, 0.1) is 12.7 Å². The second-order valence-electron chi connectivity index (χ2n) is 5.13. The lowest BCUT2D eigenvalue weighted by Gasteiger charge is -2.39. The van der Waals surface area contributed by atoms with Gasteiger partial charge in [-0.15, -0.1) is 0 Å². The minimum atomic E-state index is -0.490. The van der Waals surface area contributed by atoms with Gasteiger partial charge in [0, 0.05) is 0 Å². The first-order valence-corrected chi connectivity index (χ1v) is 6.80. The van der Waals surface area contributed by atoms with E-state index in [0.29, 0.717) is 17.5 Å². The molecule has 1 N–H and O–H groups in total. The molecule has 108 valence electrons. The predicted molar refractivity (Wildman–Crippen MR) is 73.5 cm³/mol. The Morgan fingerprint density at radius 3 is 2.75 bits per heavy atom. The molecule has 1 fully saturated rings. The van der Waals surface area contributed by atoms with Crippen LogP contribution in [-0.4, -0.2) is 29.3 Å². The smallest absolute Gasteiger partial charge is 0.243 e. The van der Waals surface area contributed by atoms with Crippen LogP contribution in [0.25, 0.3) is 0 Å². The number of aryl methyl sites for hydroxylation is 1. The average molecular weight is 278 g/mol. The zero-order chi connectivity index (χ0) is 14.9. The molecule has 1 heterocycles. The van der Waals surface area contributed by atoms with Gasteiger partial charge in [0.2, 0.25) is 11.8 Å². The van der Waals surface area contributed by atoms with Gasteiger partial charge < -0.3 is 10.2 Å². The molecule has 1 aromatic rings. The Balaban J connectivity index is 2.33. The average Bonchev–Trinajstić information content (AvgIpc) is 2.43. The highest BCUT2D eigenvalue weighted by Crippen LogP contribution is 2.26. The number of nitrogens with zero attached hydrogens (tertiary/aromatic N) is 1. The molecule has 2 rings (SSSR count). The summed E-state index contributed by atoms with van der Waals surface area (Å²) in [6.45, 7) is 5.38. The molecule has 20 heavy (non-hydrogen) atoms. The van der Waals surface area contributed by atoms with Gasteiger partial charge >= 0.3 is 0 Å². The second kappa shape index (κ2) is 5.61. The van der Waals surface area contributed by atoms with Crippen molar-refractivity contribution in [3.63, 3.8) is 0 Å². The minimum Gasteiger partial charge on any atom is -0.345 e.